The zero-order valence-corrected chi connectivity index (χ0v) is 14.3. The lowest BCUT2D eigenvalue weighted by Crippen LogP contribution is -2.47. The molecule has 1 aliphatic rings. The number of amides is 1. The van der Waals surface area contributed by atoms with Gasteiger partial charge in [0.2, 0.25) is 0 Å². The third kappa shape index (κ3) is 4.12. The molecule has 1 fully saturated rings. The number of furan rings is 1. The standard InChI is InChI=1S/C15H18F3NO5S/c1-23-6-7-25-8-10-2-3-11(24-10)12(20)19-5-4-14(9-19,13(21)22)15(16,17)18/h2-3H,4-9H2,1H3,(H,21,22). The highest BCUT2D eigenvalue weighted by Crippen LogP contribution is 2.46. The van der Waals surface area contributed by atoms with Crippen molar-refractivity contribution in [3.05, 3.63) is 23.7 Å². The van der Waals surface area contributed by atoms with Crippen LogP contribution in [0.2, 0.25) is 0 Å². The number of carbonyl (C=O) groups excluding carboxylic acids is 1. The fourth-order valence-corrected chi connectivity index (χ4v) is 3.34. The highest BCUT2D eigenvalue weighted by Gasteiger charge is 2.64. The zero-order chi connectivity index (χ0) is 18.7. The molecule has 140 valence electrons. The molecular formula is C15H18F3NO5S. The van der Waals surface area contributed by atoms with Crippen molar-refractivity contribution < 1.29 is 37.0 Å². The molecule has 1 aromatic heterocycles. The summed E-state index contributed by atoms with van der Waals surface area (Å²) in [5, 5.41) is 9.02. The molecule has 0 spiro atoms. The topological polar surface area (TPSA) is 80.0 Å². The van der Waals surface area contributed by atoms with Gasteiger partial charge in [0.15, 0.2) is 11.2 Å². The van der Waals surface area contributed by atoms with Crippen molar-refractivity contribution in [1.29, 1.82) is 0 Å². The molecule has 0 aliphatic carbocycles. The Hall–Kier alpha value is -1.68. The third-order valence-electron chi connectivity index (χ3n) is 4.06. The van der Waals surface area contributed by atoms with Gasteiger partial charge in [-0.05, 0) is 18.6 Å². The molecule has 1 N–H and O–H groups in total. The summed E-state index contributed by atoms with van der Waals surface area (Å²) in [4.78, 5) is 24.4. The van der Waals surface area contributed by atoms with Crippen molar-refractivity contribution in [2.45, 2.75) is 18.3 Å². The molecule has 1 unspecified atom stereocenters. The van der Waals surface area contributed by atoms with Gasteiger partial charge >= 0.3 is 12.1 Å². The molecule has 1 aliphatic heterocycles. The maximum Gasteiger partial charge on any atom is 0.406 e. The monoisotopic (exact) mass is 381 g/mol. The van der Waals surface area contributed by atoms with Crippen LogP contribution < -0.4 is 0 Å². The number of alkyl halides is 3. The van der Waals surface area contributed by atoms with Crippen molar-refractivity contribution in [2.75, 3.05) is 32.6 Å². The number of hydrogen-bond donors (Lipinski definition) is 1. The molecule has 10 heteroatoms. The van der Waals surface area contributed by atoms with Gasteiger partial charge in [-0.1, -0.05) is 0 Å². The number of halogens is 3. The van der Waals surface area contributed by atoms with E-state index in [0.29, 0.717) is 18.1 Å². The van der Waals surface area contributed by atoms with E-state index < -0.39 is 36.4 Å². The second kappa shape index (κ2) is 7.69. The normalized spacial score (nSPS) is 20.9. The first-order valence-corrected chi connectivity index (χ1v) is 8.61. The van der Waals surface area contributed by atoms with Gasteiger partial charge in [-0.15, -0.1) is 0 Å². The van der Waals surface area contributed by atoms with Crippen molar-refractivity contribution in [2.24, 2.45) is 5.41 Å². The number of carbonyl (C=O) groups is 2. The van der Waals surface area contributed by atoms with Gasteiger partial charge in [0.1, 0.15) is 5.76 Å². The van der Waals surface area contributed by atoms with Gasteiger partial charge in [0.05, 0.1) is 12.4 Å². The van der Waals surface area contributed by atoms with E-state index in [2.05, 4.69) is 0 Å². The first-order chi connectivity index (χ1) is 11.7. The molecule has 2 rings (SSSR count). The molecule has 0 saturated carbocycles. The summed E-state index contributed by atoms with van der Waals surface area (Å²) in [7, 11) is 1.58. The van der Waals surface area contributed by atoms with Gasteiger partial charge in [-0.3, -0.25) is 9.59 Å². The molecule has 6 nitrogen and oxygen atoms in total. The largest absolute Gasteiger partial charge is 0.481 e. The maximum absolute atomic E-state index is 13.2. The molecule has 0 aromatic carbocycles. The Morgan fingerprint density at radius 2 is 2.16 bits per heavy atom. The molecule has 1 aromatic rings. The minimum Gasteiger partial charge on any atom is -0.481 e. The van der Waals surface area contributed by atoms with Crippen LogP contribution in [-0.2, 0) is 15.3 Å². The van der Waals surface area contributed by atoms with Crippen molar-refractivity contribution in [3.8, 4) is 0 Å². The van der Waals surface area contributed by atoms with Crippen LogP contribution in [0.25, 0.3) is 0 Å². The average Bonchev–Trinajstić information content (AvgIpc) is 3.18. The number of hydrogen-bond acceptors (Lipinski definition) is 5. The molecule has 0 bridgehead atoms. The van der Waals surface area contributed by atoms with Gasteiger partial charge < -0.3 is 19.2 Å². The first kappa shape index (κ1) is 19.6. The zero-order valence-electron chi connectivity index (χ0n) is 13.5. The number of carboxylic acids is 1. The average molecular weight is 381 g/mol. The molecule has 1 atom stereocenters. The fraction of sp³-hybridized carbons (Fsp3) is 0.600. The Kier molecular flexibility index (Phi) is 6.04. The fourth-order valence-electron chi connectivity index (χ4n) is 2.55. The van der Waals surface area contributed by atoms with Crippen molar-refractivity contribution in [3.63, 3.8) is 0 Å². The minimum atomic E-state index is -4.93. The smallest absolute Gasteiger partial charge is 0.406 e. The van der Waals surface area contributed by atoms with Gasteiger partial charge in [-0.2, -0.15) is 24.9 Å². The van der Waals surface area contributed by atoms with Gasteiger partial charge in [0.25, 0.3) is 5.91 Å². The summed E-state index contributed by atoms with van der Waals surface area (Å²) in [6.45, 7) is -0.633. The first-order valence-electron chi connectivity index (χ1n) is 7.46. The van der Waals surface area contributed by atoms with Crippen LogP contribution in [0.15, 0.2) is 16.5 Å². The number of thioether (sulfide) groups is 1. The van der Waals surface area contributed by atoms with Crippen LogP contribution in [0.3, 0.4) is 0 Å². The summed E-state index contributed by atoms with van der Waals surface area (Å²) < 4.78 is 49.7. The Bertz CT molecular complexity index is 633. The van der Waals surface area contributed by atoms with Crippen LogP contribution in [0, 0.1) is 5.41 Å². The predicted octanol–water partition coefficient (Wildman–Crippen LogP) is 2.64. The molecule has 0 radical (unpaired) electrons. The highest BCUT2D eigenvalue weighted by atomic mass is 32.2. The molecule has 1 saturated heterocycles. The van der Waals surface area contributed by atoms with E-state index in [-0.39, 0.29) is 12.3 Å². The summed E-state index contributed by atoms with van der Waals surface area (Å²) in [6, 6.07) is 2.97. The Morgan fingerprint density at radius 3 is 2.72 bits per heavy atom. The maximum atomic E-state index is 13.2. The second-order valence-electron chi connectivity index (χ2n) is 5.67. The third-order valence-corrected chi connectivity index (χ3v) is 5.00. The van der Waals surface area contributed by atoms with Crippen LogP contribution in [0.4, 0.5) is 13.2 Å². The minimum absolute atomic E-state index is 0.0919. The van der Waals surface area contributed by atoms with Crippen LogP contribution in [0.5, 0.6) is 0 Å². The van der Waals surface area contributed by atoms with Crippen LogP contribution >= 0.6 is 11.8 Å². The molecule has 25 heavy (non-hydrogen) atoms. The number of nitrogens with zero attached hydrogens (tertiary/aromatic N) is 1. The van der Waals surface area contributed by atoms with Crippen molar-refractivity contribution in [1.82, 2.24) is 4.90 Å². The Morgan fingerprint density at radius 1 is 1.44 bits per heavy atom. The van der Waals surface area contributed by atoms with Crippen molar-refractivity contribution >= 4 is 23.6 Å². The highest BCUT2D eigenvalue weighted by molar-refractivity contribution is 7.98. The van der Waals surface area contributed by atoms with Crippen LogP contribution in [-0.4, -0.2) is 60.6 Å². The predicted molar refractivity (Wildman–Crippen MR) is 83.4 cm³/mol. The SMILES string of the molecule is COCCSCc1ccc(C(=O)N2CCC(C(=O)O)(C(F)(F)F)C2)o1. The number of rotatable bonds is 7. The van der Waals surface area contributed by atoms with Gasteiger partial charge in [-0.25, -0.2) is 0 Å². The molecule has 1 amide bonds. The van der Waals surface area contributed by atoms with E-state index in [0.717, 1.165) is 10.7 Å². The number of ether oxygens (including phenoxy) is 1. The lowest BCUT2D eigenvalue weighted by Gasteiger charge is -2.26. The summed E-state index contributed by atoms with van der Waals surface area (Å²) in [5.41, 5.74) is -2.92. The Balaban J connectivity index is 2.02. The molecule has 2 heterocycles. The van der Waals surface area contributed by atoms with E-state index in [1.54, 1.807) is 13.2 Å². The summed E-state index contributed by atoms with van der Waals surface area (Å²) >= 11 is 1.53. The summed E-state index contributed by atoms with van der Waals surface area (Å²) in [5.74, 6) is -1.04. The Labute approximate surface area is 146 Å². The summed E-state index contributed by atoms with van der Waals surface area (Å²) in [6.07, 6.45) is -5.60. The van der Waals surface area contributed by atoms with E-state index >= 15 is 0 Å². The number of aliphatic carboxylic acids is 1. The lowest BCUT2D eigenvalue weighted by atomic mass is 9.86. The number of methoxy groups -OCH3 is 1. The van der Waals surface area contributed by atoms with E-state index in [9.17, 15) is 22.8 Å². The van der Waals surface area contributed by atoms with E-state index in [1.807, 2.05) is 0 Å². The van der Waals surface area contributed by atoms with E-state index in [1.165, 1.54) is 17.8 Å². The lowest BCUT2D eigenvalue weighted by molar-refractivity contribution is -0.227. The molecular weight excluding hydrogens is 363 g/mol. The quantitative estimate of drug-likeness (QED) is 0.732. The van der Waals surface area contributed by atoms with E-state index in [4.69, 9.17) is 14.3 Å². The second-order valence-corrected chi connectivity index (χ2v) is 6.78. The number of carboxylic acid groups (broad SMARTS) is 1. The number of likely N-dealkylation sites (tertiary alicyclic amines) is 1. The van der Waals surface area contributed by atoms with Crippen LogP contribution in [0.1, 0.15) is 22.7 Å². The van der Waals surface area contributed by atoms with Gasteiger partial charge in [0, 0.05) is 26.0 Å².